The molecule has 26 heavy (non-hydrogen) atoms. The van der Waals surface area contributed by atoms with Gasteiger partial charge in [0, 0.05) is 19.6 Å². The number of ether oxygens (including phenoxy) is 1. The van der Waals surface area contributed by atoms with Crippen LogP contribution in [-0.4, -0.2) is 35.2 Å². The summed E-state index contributed by atoms with van der Waals surface area (Å²) in [5.74, 6) is -0.529. The molecule has 0 spiro atoms. The van der Waals surface area contributed by atoms with Crippen LogP contribution in [0.5, 0.6) is 5.75 Å². The number of carboxylic acids is 1. The Morgan fingerprint density at radius 1 is 1.12 bits per heavy atom. The summed E-state index contributed by atoms with van der Waals surface area (Å²) in [6.45, 7) is 2.15. The second-order valence-electron chi connectivity index (χ2n) is 6.29. The van der Waals surface area contributed by atoms with Gasteiger partial charge in [-0.25, -0.2) is 4.79 Å². The molecule has 2 aromatic carbocycles. The molecule has 4 nitrogen and oxygen atoms in total. The summed E-state index contributed by atoms with van der Waals surface area (Å²) in [6, 6.07) is 11.4. The second kappa shape index (κ2) is 7.37. The van der Waals surface area contributed by atoms with Crippen molar-refractivity contribution in [1.29, 1.82) is 0 Å². The lowest BCUT2D eigenvalue weighted by atomic mass is 10.1. The van der Waals surface area contributed by atoms with Gasteiger partial charge in [-0.2, -0.15) is 13.2 Å². The fourth-order valence-electron chi connectivity index (χ4n) is 2.96. The second-order valence-corrected chi connectivity index (χ2v) is 6.29. The number of carbonyl (C=O) groups is 1. The molecule has 0 saturated carbocycles. The van der Waals surface area contributed by atoms with E-state index in [1.165, 1.54) is 12.1 Å². The zero-order valence-corrected chi connectivity index (χ0v) is 13.9. The smallest absolute Gasteiger partial charge is 0.416 e. The monoisotopic (exact) mass is 365 g/mol. The van der Waals surface area contributed by atoms with Gasteiger partial charge >= 0.3 is 12.1 Å². The van der Waals surface area contributed by atoms with E-state index in [0.29, 0.717) is 18.8 Å². The fraction of sp³-hybridized carbons (Fsp3) is 0.316. The summed E-state index contributed by atoms with van der Waals surface area (Å²) in [7, 11) is 0. The number of rotatable bonds is 5. The molecule has 0 aromatic heterocycles. The number of carboxylic acid groups (broad SMARTS) is 1. The summed E-state index contributed by atoms with van der Waals surface area (Å²) in [5, 5.41) is 8.91. The lowest BCUT2D eigenvalue weighted by Gasteiger charge is -2.17. The molecule has 7 heteroatoms. The summed E-state index contributed by atoms with van der Waals surface area (Å²) in [5.41, 5.74) is 0.562. The van der Waals surface area contributed by atoms with Gasteiger partial charge in [0.1, 0.15) is 11.9 Å². The molecule has 1 aliphatic rings. The van der Waals surface area contributed by atoms with Crippen molar-refractivity contribution in [2.24, 2.45) is 0 Å². The summed E-state index contributed by atoms with van der Waals surface area (Å²) in [4.78, 5) is 13.0. The number of hydrogen-bond donors (Lipinski definition) is 1. The Morgan fingerprint density at radius 3 is 2.35 bits per heavy atom. The minimum atomic E-state index is -4.35. The van der Waals surface area contributed by atoms with E-state index in [1.807, 2.05) is 0 Å². The highest BCUT2D eigenvalue weighted by molar-refractivity contribution is 5.87. The number of halogens is 3. The Balaban J connectivity index is 1.53. The lowest BCUT2D eigenvalue weighted by Crippen LogP contribution is -2.24. The molecule has 1 fully saturated rings. The lowest BCUT2D eigenvalue weighted by molar-refractivity contribution is -0.137. The standard InChI is InChI=1S/C19H18F3NO3/c20-19(21,22)15-5-7-16(8-6-15)26-17-9-10-23(12-17)11-13-1-3-14(4-2-13)18(24)25/h1-8,17H,9-12H2,(H,24,25). The van der Waals surface area contributed by atoms with Crippen molar-refractivity contribution < 1.29 is 27.8 Å². The number of likely N-dealkylation sites (tertiary alicyclic amines) is 1. The number of alkyl halides is 3. The van der Waals surface area contributed by atoms with Crippen molar-refractivity contribution in [3.8, 4) is 5.75 Å². The van der Waals surface area contributed by atoms with Gasteiger partial charge in [0.05, 0.1) is 11.1 Å². The van der Waals surface area contributed by atoms with E-state index in [-0.39, 0.29) is 11.7 Å². The maximum absolute atomic E-state index is 12.6. The zero-order chi connectivity index (χ0) is 18.7. The first-order valence-corrected chi connectivity index (χ1v) is 8.20. The minimum absolute atomic E-state index is 0.0787. The van der Waals surface area contributed by atoms with Gasteiger partial charge in [-0.1, -0.05) is 12.1 Å². The summed E-state index contributed by atoms with van der Waals surface area (Å²) in [6.07, 6.45) is -3.64. The van der Waals surface area contributed by atoms with Crippen LogP contribution < -0.4 is 4.74 Å². The molecule has 2 aromatic rings. The highest BCUT2D eigenvalue weighted by Gasteiger charge is 2.30. The van der Waals surface area contributed by atoms with E-state index in [0.717, 1.165) is 30.7 Å². The molecule has 1 atom stereocenters. The van der Waals surface area contributed by atoms with Crippen LogP contribution in [0.4, 0.5) is 13.2 Å². The average molecular weight is 365 g/mol. The normalized spacial score (nSPS) is 18.0. The number of nitrogens with zero attached hydrogens (tertiary/aromatic N) is 1. The maximum atomic E-state index is 12.6. The van der Waals surface area contributed by atoms with Gasteiger partial charge in [0.2, 0.25) is 0 Å². The van der Waals surface area contributed by atoms with Crippen LogP contribution in [0.2, 0.25) is 0 Å². The van der Waals surface area contributed by atoms with Gasteiger partial charge in [-0.15, -0.1) is 0 Å². The van der Waals surface area contributed by atoms with Crippen molar-refractivity contribution in [2.45, 2.75) is 25.2 Å². The first kappa shape index (κ1) is 18.3. The topological polar surface area (TPSA) is 49.8 Å². The Hall–Kier alpha value is -2.54. The van der Waals surface area contributed by atoms with Gasteiger partial charge < -0.3 is 9.84 Å². The molecule has 138 valence electrons. The van der Waals surface area contributed by atoms with Crippen molar-refractivity contribution in [1.82, 2.24) is 4.90 Å². The molecule has 0 bridgehead atoms. The van der Waals surface area contributed by atoms with Crippen molar-refractivity contribution in [3.05, 3.63) is 65.2 Å². The zero-order valence-electron chi connectivity index (χ0n) is 13.9. The third-order valence-electron chi connectivity index (χ3n) is 4.32. The quantitative estimate of drug-likeness (QED) is 0.868. The Kier molecular flexibility index (Phi) is 5.18. The van der Waals surface area contributed by atoms with Gasteiger partial charge in [-0.3, -0.25) is 4.90 Å². The van der Waals surface area contributed by atoms with Crippen LogP contribution in [0, 0.1) is 0 Å². The molecule has 3 rings (SSSR count). The molecule has 0 amide bonds. The molecule has 1 unspecified atom stereocenters. The first-order chi connectivity index (χ1) is 12.3. The van der Waals surface area contributed by atoms with Gasteiger partial charge in [0.15, 0.2) is 0 Å². The fourth-order valence-corrected chi connectivity index (χ4v) is 2.96. The molecule has 1 heterocycles. The first-order valence-electron chi connectivity index (χ1n) is 8.20. The van der Waals surface area contributed by atoms with Crippen LogP contribution in [0.3, 0.4) is 0 Å². The molecule has 1 aliphatic heterocycles. The predicted octanol–water partition coefficient (Wildman–Crippen LogP) is 4.06. The Bertz CT molecular complexity index is 757. The SMILES string of the molecule is O=C(O)c1ccc(CN2CCC(Oc3ccc(C(F)(F)F)cc3)C2)cc1. The predicted molar refractivity (Wildman–Crippen MR) is 89.2 cm³/mol. The molecule has 1 saturated heterocycles. The molecule has 0 radical (unpaired) electrons. The van der Waals surface area contributed by atoms with Crippen LogP contribution in [0.1, 0.15) is 27.9 Å². The third kappa shape index (κ3) is 4.54. The molecule has 1 N–H and O–H groups in total. The number of aromatic carboxylic acids is 1. The highest BCUT2D eigenvalue weighted by atomic mass is 19.4. The van der Waals surface area contributed by atoms with Crippen LogP contribution in [-0.2, 0) is 12.7 Å². The maximum Gasteiger partial charge on any atom is 0.416 e. The van der Waals surface area contributed by atoms with Crippen LogP contribution >= 0.6 is 0 Å². The largest absolute Gasteiger partial charge is 0.489 e. The molecular weight excluding hydrogens is 347 g/mol. The van der Waals surface area contributed by atoms with Gasteiger partial charge in [0.25, 0.3) is 0 Å². The van der Waals surface area contributed by atoms with E-state index in [1.54, 1.807) is 24.3 Å². The minimum Gasteiger partial charge on any atom is -0.489 e. The van der Waals surface area contributed by atoms with Crippen molar-refractivity contribution in [2.75, 3.05) is 13.1 Å². The van der Waals surface area contributed by atoms with E-state index in [9.17, 15) is 18.0 Å². The van der Waals surface area contributed by atoms with Crippen LogP contribution in [0.25, 0.3) is 0 Å². The Labute approximate surface area is 148 Å². The molecular formula is C19H18F3NO3. The number of benzene rings is 2. The van der Waals surface area contributed by atoms with E-state index in [2.05, 4.69) is 4.90 Å². The van der Waals surface area contributed by atoms with Crippen molar-refractivity contribution in [3.63, 3.8) is 0 Å². The summed E-state index contributed by atoms with van der Waals surface area (Å²) < 4.78 is 43.5. The Morgan fingerprint density at radius 2 is 1.77 bits per heavy atom. The molecule has 0 aliphatic carbocycles. The third-order valence-corrected chi connectivity index (χ3v) is 4.32. The number of hydrogen-bond acceptors (Lipinski definition) is 3. The summed E-state index contributed by atoms with van der Waals surface area (Å²) >= 11 is 0. The van der Waals surface area contributed by atoms with Crippen molar-refractivity contribution >= 4 is 5.97 Å². The highest BCUT2D eigenvalue weighted by Crippen LogP contribution is 2.30. The van der Waals surface area contributed by atoms with Crippen LogP contribution in [0.15, 0.2) is 48.5 Å². The van der Waals surface area contributed by atoms with Gasteiger partial charge in [-0.05, 0) is 48.4 Å². The van der Waals surface area contributed by atoms with E-state index in [4.69, 9.17) is 9.84 Å². The average Bonchev–Trinajstić information content (AvgIpc) is 3.02. The van der Waals surface area contributed by atoms with E-state index >= 15 is 0 Å². The van der Waals surface area contributed by atoms with E-state index < -0.39 is 17.7 Å².